The van der Waals surface area contributed by atoms with E-state index in [1.54, 1.807) is 19.2 Å². The molecular weight excluding hydrogens is 141 g/mol. The summed E-state index contributed by atoms with van der Waals surface area (Å²) < 4.78 is 20.8. The number of halogens is 1. The third-order valence-electron chi connectivity index (χ3n) is 1.76. The molecule has 0 aliphatic heterocycles. The van der Waals surface area contributed by atoms with Gasteiger partial charge in [0.1, 0.15) is 5.82 Å². The van der Waals surface area contributed by atoms with E-state index in [4.69, 9.17) is 1.37 Å². The van der Waals surface area contributed by atoms with Crippen LogP contribution in [-0.2, 0) is 0 Å². The average molecular weight is 150 g/mol. The highest BCUT2D eigenvalue weighted by atomic mass is 19.1. The summed E-state index contributed by atoms with van der Waals surface area (Å²) in [7, 11) is 0. The Morgan fingerprint density at radius 2 is 2.36 bits per heavy atom. The summed E-state index contributed by atoms with van der Waals surface area (Å²) >= 11 is 0. The van der Waals surface area contributed by atoms with E-state index in [0.717, 1.165) is 0 Å². The van der Waals surface area contributed by atoms with Crippen molar-refractivity contribution in [2.45, 2.75) is 6.92 Å². The number of hydrogen-bond donors (Lipinski definition) is 1. The molecule has 2 aromatic rings. The quantitative estimate of drug-likeness (QED) is 0.594. The maximum atomic E-state index is 13.3. The lowest BCUT2D eigenvalue weighted by molar-refractivity contribution is 0.631. The average Bonchev–Trinajstić information content (AvgIpc) is 2.48. The Hall–Kier alpha value is -1.31. The van der Waals surface area contributed by atoms with Gasteiger partial charge in [0.05, 0.1) is 1.37 Å². The zero-order valence-electron chi connectivity index (χ0n) is 7.11. The number of aryl methyl sites for hydroxylation is 1. The Morgan fingerprint density at radius 3 is 3.18 bits per heavy atom. The minimum atomic E-state index is -0.234. The summed E-state index contributed by atoms with van der Waals surface area (Å²) in [6.07, 6.45) is 1.64. The fraction of sp³-hybridized carbons (Fsp3) is 0.111. The van der Waals surface area contributed by atoms with Gasteiger partial charge in [-0.1, -0.05) is 6.07 Å². The lowest BCUT2D eigenvalue weighted by Crippen LogP contribution is -1.81. The molecule has 0 fully saturated rings. The predicted octanol–water partition coefficient (Wildman–Crippen LogP) is 2.62. The van der Waals surface area contributed by atoms with Crippen molar-refractivity contribution in [1.82, 2.24) is 4.98 Å². The first-order valence-electron chi connectivity index (χ1n) is 3.93. The second kappa shape index (κ2) is 2.09. The fourth-order valence-corrected chi connectivity index (χ4v) is 1.13. The van der Waals surface area contributed by atoms with Gasteiger partial charge in [-0.15, -0.1) is 0 Å². The number of nitrogens with one attached hydrogen (secondary N) is 1. The lowest BCUT2D eigenvalue weighted by atomic mass is 10.2. The highest BCUT2D eigenvalue weighted by Crippen LogP contribution is 2.18. The Balaban J connectivity index is 2.97. The smallest absolute Gasteiger partial charge is 0.135 e. The molecule has 0 bridgehead atoms. The van der Waals surface area contributed by atoms with Crippen LogP contribution in [0.25, 0.3) is 10.9 Å². The molecule has 1 aromatic heterocycles. The third kappa shape index (κ3) is 0.827. The predicted molar refractivity (Wildman–Crippen MR) is 43.0 cm³/mol. The number of hydrogen-bond acceptors (Lipinski definition) is 0. The molecule has 0 unspecified atom stereocenters. The van der Waals surface area contributed by atoms with Gasteiger partial charge in [0.25, 0.3) is 0 Å². The highest BCUT2D eigenvalue weighted by Gasteiger charge is 2.02. The molecule has 0 aliphatic rings. The number of fused-ring (bicyclic) bond motifs is 1. The Morgan fingerprint density at radius 1 is 1.55 bits per heavy atom. The van der Waals surface area contributed by atoms with E-state index < -0.39 is 0 Å². The normalized spacial score (nSPS) is 12.0. The van der Waals surface area contributed by atoms with Crippen LogP contribution >= 0.6 is 0 Å². The van der Waals surface area contributed by atoms with Crippen LogP contribution in [0.3, 0.4) is 0 Å². The molecule has 1 heterocycles. The molecule has 0 amide bonds. The van der Waals surface area contributed by atoms with Gasteiger partial charge in [-0.05, 0) is 24.6 Å². The molecule has 1 aromatic carbocycles. The van der Waals surface area contributed by atoms with Gasteiger partial charge in [-0.2, -0.15) is 0 Å². The van der Waals surface area contributed by atoms with E-state index in [2.05, 4.69) is 4.98 Å². The molecule has 2 rings (SSSR count). The summed E-state index contributed by atoms with van der Waals surface area (Å²) in [5.74, 6) is -0.234. The summed E-state index contributed by atoms with van der Waals surface area (Å²) in [5.41, 5.74) is 1.09. The third-order valence-corrected chi connectivity index (χ3v) is 1.76. The first-order chi connectivity index (χ1) is 5.70. The van der Waals surface area contributed by atoms with Crippen LogP contribution in [0.4, 0.5) is 4.39 Å². The van der Waals surface area contributed by atoms with Crippen LogP contribution in [0.2, 0.25) is 0 Å². The van der Waals surface area contributed by atoms with E-state index >= 15 is 0 Å². The van der Waals surface area contributed by atoms with Crippen molar-refractivity contribution in [3.63, 3.8) is 0 Å². The second-order valence-electron chi connectivity index (χ2n) is 2.55. The van der Waals surface area contributed by atoms with Crippen LogP contribution in [0.5, 0.6) is 0 Å². The minimum Gasteiger partial charge on any atom is -0.361 e. The zero-order valence-corrected chi connectivity index (χ0v) is 6.11. The van der Waals surface area contributed by atoms with E-state index in [9.17, 15) is 4.39 Å². The van der Waals surface area contributed by atoms with Gasteiger partial charge >= 0.3 is 0 Å². The Bertz CT molecular complexity index is 433. The molecule has 56 valence electrons. The van der Waals surface area contributed by atoms with Crippen LogP contribution in [0, 0.1) is 12.7 Å². The van der Waals surface area contributed by atoms with Crippen molar-refractivity contribution < 1.29 is 5.76 Å². The Labute approximate surface area is 65.3 Å². The molecule has 0 aliphatic carbocycles. The largest absolute Gasteiger partial charge is 0.361 e. The van der Waals surface area contributed by atoms with Crippen molar-refractivity contribution in [2.24, 2.45) is 0 Å². The van der Waals surface area contributed by atoms with Crippen molar-refractivity contribution in [3.05, 3.63) is 35.8 Å². The van der Waals surface area contributed by atoms with E-state index in [1.165, 1.54) is 6.07 Å². The molecule has 1 N–H and O–H groups in total. The van der Waals surface area contributed by atoms with Crippen LogP contribution in [-0.4, -0.2) is 4.98 Å². The van der Waals surface area contributed by atoms with Crippen molar-refractivity contribution >= 4 is 10.9 Å². The van der Waals surface area contributed by atoms with Gasteiger partial charge in [0, 0.05) is 17.1 Å². The number of benzene rings is 1. The highest BCUT2D eigenvalue weighted by molar-refractivity contribution is 5.80. The van der Waals surface area contributed by atoms with Crippen molar-refractivity contribution in [2.75, 3.05) is 0 Å². The molecule has 0 radical (unpaired) electrons. The first kappa shape index (κ1) is 5.35. The maximum absolute atomic E-state index is 13.3. The van der Waals surface area contributed by atoms with E-state index in [0.29, 0.717) is 22.5 Å². The molecule has 0 saturated heterocycles. The SMILES string of the molecule is [2H]c1cc(C)c(F)c2cc[nH]c12. The van der Waals surface area contributed by atoms with E-state index in [1.807, 2.05) is 0 Å². The van der Waals surface area contributed by atoms with E-state index in [-0.39, 0.29) is 5.82 Å². The second-order valence-corrected chi connectivity index (χ2v) is 2.55. The molecule has 11 heavy (non-hydrogen) atoms. The van der Waals surface area contributed by atoms with Gasteiger partial charge in [-0.25, -0.2) is 4.39 Å². The monoisotopic (exact) mass is 150 g/mol. The van der Waals surface area contributed by atoms with Crippen molar-refractivity contribution in [1.29, 1.82) is 0 Å². The van der Waals surface area contributed by atoms with Gasteiger partial charge < -0.3 is 4.98 Å². The Kier molecular flexibility index (Phi) is 1.02. The lowest BCUT2D eigenvalue weighted by Gasteiger charge is -1.95. The number of aromatic amines is 1. The number of rotatable bonds is 0. The van der Waals surface area contributed by atoms with Gasteiger partial charge in [0.15, 0.2) is 0 Å². The molecule has 0 spiro atoms. The molecular formula is C9H8FN. The van der Waals surface area contributed by atoms with Gasteiger partial charge in [0.2, 0.25) is 0 Å². The van der Waals surface area contributed by atoms with Crippen LogP contribution in [0.15, 0.2) is 24.4 Å². The molecule has 2 heteroatoms. The number of H-pyrrole nitrogens is 1. The summed E-state index contributed by atoms with van der Waals surface area (Å²) in [6, 6.07) is 3.51. The maximum Gasteiger partial charge on any atom is 0.135 e. The summed E-state index contributed by atoms with van der Waals surface area (Å²) in [4.78, 5) is 2.83. The molecule has 0 atom stereocenters. The standard InChI is InChI=1S/C9H8FN/c1-6-2-3-8-7(9(6)10)4-5-11-8/h2-5,11H,1H3/i3D. The molecule has 1 nitrogen and oxygen atoms in total. The number of aromatic nitrogens is 1. The van der Waals surface area contributed by atoms with Crippen molar-refractivity contribution in [3.8, 4) is 0 Å². The first-order valence-corrected chi connectivity index (χ1v) is 3.43. The minimum absolute atomic E-state index is 0.234. The summed E-state index contributed by atoms with van der Waals surface area (Å²) in [6.45, 7) is 1.67. The zero-order chi connectivity index (χ0) is 8.72. The van der Waals surface area contributed by atoms with Crippen LogP contribution < -0.4 is 0 Å². The topological polar surface area (TPSA) is 15.8 Å². The molecule has 0 saturated carbocycles. The summed E-state index contributed by atoms with van der Waals surface area (Å²) in [5, 5.41) is 0.500. The van der Waals surface area contributed by atoms with Crippen LogP contribution in [0.1, 0.15) is 6.93 Å². The van der Waals surface area contributed by atoms with Gasteiger partial charge in [-0.3, -0.25) is 0 Å². The fourth-order valence-electron chi connectivity index (χ4n) is 1.13.